The van der Waals surface area contributed by atoms with Crippen LogP contribution in [0.25, 0.3) is 0 Å². The molecular formula is C21H30F3N3. The highest BCUT2D eigenvalue weighted by molar-refractivity contribution is 5.44. The maximum atomic E-state index is 14.1. The lowest BCUT2D eigenvalue weighted by molar-refractivity contribution is -0.0184. The van der Waals surface area contributed by atoms with Gasteiger partial charge in [0.1, 0.15) is 5.83 Å². The van der Waals surface area contributed by atoms with E-state index >= 15 is 0 Å². The third-order valence-corrected chi connectivity index (χ3v) is 5.86. The Labute approximate surface area is 160 Å². The largest absolute Gasteiger partial charge is 0.385 e. The van der Waals surface area contributed by atoms with Gasteiger partial charge < -0.3 is 16.0 Å². The molecule has 0 aromatic carbocycles. The van der Waals surface area contributed by atoms with E-state index in [1.54, 1.807) is 6.08 Å². The molecule has 2 aliphatic rings. The monoisotopic (exact) mass is 381 g/mol. The first-order valence-electron chi connectivity index (χ1n) is 9.34. The number of hydrogen-bond acceptors (Lipinski definition) is 3. The highest BCUT2D eigenvalue weighted by Gasteiger charge is 2.37. The third-order valence-electron chi connectivity index (χ3n) is 5.86. The average Bonchev–Trinajstić information content (AvgIpc) is 2.54. The molecule has 1 unspecified atom stereocenters. The number of alkyl halides is 2. The fourth-order valence-corrected chi connectivity index (χ4v) is 3.44. The normalized spacial score (nSPS) is 21.2. The molecule has 27 heavy (non-hydrogen) atoms. The van der Waals surface area contributed by atoms with E-state index in [4.69, 9.17) is 5.73 Å². The Morgan fingerprint density at radius 1 is 1.48 bits per heavy atom. The number of nitrogens with two attached hydrogens (primary N) is 1. The first-order valence-corrected chi connectivity index (χ1v) is 9.34. The van der Waals surface area contributed by atoms with Crippen LogP contribution in [0.4, 0.5) is 13.2 Å². The summed E-state index contributed by atoms with van der Waals surface area (Å²) in [7, 11) is 0. The van der Waals surface area contributed by atoms with Crippen molar-refractivity contribution in [2.45, 2.75) is 52.4 Å². The zero-order valence-electron chi connectivity index (χ0n) is 16.4. The van der Waals surface area contributed by atoms with Crippen LogP contribution in [0, 0.1) is 11.3 Å². The quantitative estimate of drug-likeness (QED) is 0.559. The van der Waals surface area contributed by atoms with Crippen molar-refractivity contribution in [3.05, 3.63) is 60.1 Å². The second-order valence-electron chi connectivity index (χ2n) is 7.76. The van der Waals surface area contributed by atoms with Gasteiger partial charge in [-0.2, -0.15) is 0 Å². The molecule has 1 aliphatic heterocycles. The Morgan fingerprint density at radius 2 is 2.11 bits per heavy atom. The lowest BCUT2D eigenvalue weighted by Gasteiger charge is -2.41. The van der Waals surface area contributed by atoms with Crippen LogP contribution in [0.2, 0.25) is 0 Å². The smallest absolute Gasteiger partial charge is 0.251 e. The summed E-state index contributed by atoms with van der Waals surface area (Å²) >= 11 is 0. The highest BCUT2D eigenvalue weighted by Crippen LogP contribution is 2.43. The molecular weight excluding hydrogens is 351 g/mol. The summed E-state index contributed by atoms with van der Waals surface area (Å²) in [6.45, 7) is 12.9. The average molecular weight is 381 g/mol. The Balaban J connectivity index is 2.09. The van der Waals surface area contributed by atoms with Crippen molar-refractivity contribution in [1.29, 1.82) is 0 Å². The Hall–Kier alpha value is -2.11. The van der Waals surface area contributed by atoms with Gasteiger partial charge in [0.2, 0.25) is 0 Å². The van der Waals surface area contributed by atoms with Crippen molar-refractivity contribution in [1.82, 2.24) is 10.2 Å². The lowest BCUT2D eigenvalue weighted by atomic mass is 9.67. The molecule has 1 aliphatic carbocycles. The molecule has 1 heterocycles. The summed E-state index contributed by atoms with van der Waals surface area (Å²) < 4.78 is 41.5. The van der Waals surface area contributed by atoms with Gasteiger partial charge in [0, 0.05) is 36.1 Å². The molecule has 0 aromatic heterocycles. The molecule has 6 heteroatoms. The van der Waals surface area contributed by atoms with E-state index in [0.29, 0.717) is 16.9 Å². The molecule has 1 saturated carbocycles. The fraction of sp³-hybridized carbons (Fsp3) is 0.524. The van der Waals surface area contributed by atoms with Gasteiger partial charge in [-0.15, -0.1) is 0 Å². The first kappa shape index (κ1) is 21.2. The van der Waals surface area contributed by atoms with Crippen LogP contribution in [0.15, 0.2) is 60.1 Å². The van der Waals surface area contributed by atoms with Crippen molar-refractivity contribution in [2.75, 3.05) is 6.54 Å². The van der Waals surface area contributed by atoms with Crippen LogP contribution in [0.5, 0.6) is 0 Å². The van der Waals surface area contributed by atoms with E-state index < -0.39 is 17.7 Å². The molecule has 0 saturated heterocycles. The van der Waals surface area contributed by atoms with Gasteiger partial charge in [-0.25, -0.2) is 13.2 Å². The molecule has 0 bridgehead atoms. The van der Waals surface area contributed by atoms with Crippen molar-refractivity contribution in [2.24, 2.45) is 17.1 Å². The van der Waals surface area contributed by atoms with Gasteiger partial charge in [0.15, 0.2) is 0 Å². The van der Waals surface area contributed by atoms with Crippen LogP contribution in [0.1, 0.15) is 46.5 Å². The van der Waals surface area contributed by atoms with Crippen molar-refractivity contribution < 1.29 is 13.2 Å². The van der Waals surface area contributed by atoms with Crippen molar-refractivity contribution in [3.8, 4) is 0 Å². The topological polar surface area (TPSA) is 41.3 Å². The van der Waals surface area contributed by atoms with E-state index in [1.165, 1.54) is 37.3 Å². The number of hydrogen-bond donors (Lipinski definition) is 2. The minimum atomic E-state index is -2.99. The maximum Gasteiger partial charge on any atom is 0.251 e. The second kappa shape index (κ2) is 7.87. The van der Waals surface area contributed by atoms with Crippen molar-refractivity contribution in [3.63, 3.8) is 0 Å². The van der Waals surface area contributed by atoms with E-state index in [-0.39, 0.29) is 11.3 Å². The van der Waals surface area contributed by atoms with Crippen LogP contribution < -0.4 is 11.1 Å². The van der Waals surface area contributed by atoms with E-state index in [9.17, 15) is 13.2 Å². The van der Waals surface area contributed by atoms with Gasteiger partial charge in [-0.3, -0.25) is 0 Å². The Kier molecular flexibility index (Phi) is 6.17. The fourth-order valence-electron chi connectivity index (χ4n) is 3.44. The molecule has 1 fully saturated rings. The lowest BCUT2D eigenvalue weighted by Crippen LogP contribution is -2.40. The predicted octanol–water partition coefficient (Wildman–Crippen LogP) is 5.33. The number of nitrogens with one attached hydrogen (secondary N) is 1. The van der Waals surface area contributed by atoms with Crippen LogP contribution in [0.3, 0.4) is 0 Å². The number of halogens is 3. The molecule has 3 N–H and O–H groups in total. The second-order valence-corrected chi connectivity index (χ2v) is 7.76. The summed E-state index contributed by atoms with van der Waals surface area (Å²) in [6.07, 6.45) is 8.53. The van der Waals surface area contributed by atoms with Gasteiger partial charge >= 0.3 is 0 Å². The summed E-state index contributed by atoms with van der Waals surface area (Å²) in [5, 5.41) is 3.20. The van der Waals surface area contributed by atoms with Crippen molar-refractivity contribution >= 4 is 0 Å². The molecule has 0 radical (unpaired) electrons. The predicted molar refractivity (Wildman–Crippen MR) is 104 cm³/mol. The molecule has 0 aromatic rings. The minimum Gasteiger partial charge on any atom is -0.385 e. The Bertz CT molecular complexity index is 688. The van der Waals surface area contributed by atoms with Crippen LogP contribution >= 0.6 is 0 Å². The summed E-state index contributed by atoms with van der Waals surface area (Å²) in [4.78, 5) is 1.36. The van der Waals surface area contributed by atoms with Crippen LogP contribution in [-0.2, 0) is 0 Å². The molecule has 3 nitrogen and oxygen atoms in total. The van der Waals surface area contributed by atoms with Gasteiger partial charge in [0.05, 0.1) is 5.82 Å². The SMILES string of the molecule is C=C(/C=C(\N)NCC1(CC)CCC1)N1C=C(F)C=C(C(C)C(C)(F)F)C1=C. The third kappa shape index (κ3) is 4.79. The molecule has 150 valence electrons. The number of allylic oxidation sites excluding steroid dienone is 4. The molecule has 2 rings (SSSR count). The number of nitrogens with zero attached hydrogens (tertiary/aromatic N) is 1. The van der Waals surface area contributed by atoms with Crippen LogP contribution in [-0.4, -0.2) is 17.4 Å². The van der Waals surface area contributed by atoms with E-state index in [2.05, 4.69) is 25.4 Å². The van der Waals surface area contributed by atoms with Gasteiger partial charge in [-0.05, 0) is 43.3 Å². The highest BCUT2D eigenvalue weighted by atomic mass is 19.3. The maximum absolute atomic E-state index is 14.1. The molecule has 0 amide bonds. The van der Waals surface area contributed by atoms with Gasteiger partial charge in [-0.1, -0.05) is 33.4 Å². The van der Waals surface area contributed by atoms with E-state index in [0.717, 1.165) is 26.0 Å². The zero-order valence-corrected chi connectivity index (χ0v) is 16.4. The minimum absolute atomic E-state index is 0.142. The summed E-state index contributed by atoms with van der Waals surface area (Å²) in [6, 6.07) is 0. The van der Waals surface area contributed by atoms with E-state index in [1.807, 2.05) is 0 Å². The molecule has 1 atom stereocenters. The molecule has 0 spiro atoms. The Morgan fingerprint density at radius 3 is 2.59 bits per heavy atom. The first-order chi connectivity index (χ1) is 12.5. The zero-order chi connectivity index (χ0) is 20.4. The van der Waals surface area contributed by atoms with Gasteiger partial charge in [0.25, 0.3) is 5.92 Å². The summed E-state index contributed by atoms with van der Waals surface area (Å²) in [5.41, 5.74) is 7.11. The number of rotatable bonds is 8. The summed E-state index contributed by atoms with van der Waals surface area (Å²) in [5.74, 6) is -4.39. The standard InChI is InChI=1S/C21H30F3N3/c1-6-21(8-7-9-21)13-26-19(25)10-14(2)27-12-17(22)11-18(16(27)4)15(3)20(5,23)24/h10-12,15,26H,2,4,6-9,13,25H2,1,3,5H3/b19-10+.